The third-order valence-corrected chi connectivity index (χ3v) is 6.09. The number of nitrogens with one attached hydrogen (secondary N) is 2. The molecule has 0 aromatic heterocycles. The van der Waals surface area contributed by atoms with Crippen LogP contribution in [0.1, 0.15) is 17.2 Å². The highest BCUT2D eigenvalue weighted by atomic mass is 16.5. The summed E-state index contributed by atoms with van der Waals surface area (Å²) in [7, 11) is 7.16. The van der Waals surface area contributed by atoms with E-state index in [-0.39, 0.29) is 6.04 Å². The van der Waals surface area contributed by atoms with Crippen molar-refractivity contribution >= 4 is 17.5 Å². The van der Waals surface area contributed by atoms with Gasteiger partial charge in [0, 0.05) is 46.0 Å². The number of methoxy groups -OCH3 is 2. The average Bonchev–Trinajstić information content (AvgIpc) is 2.89. The van der Waals surface area contributed by atoms with Gasteiger partial charge >= 0.3 is 11.8 Å². The molecule has 1 unspecified atom stereocenters. The summed E-state index contributed by atoms with van der Waals surface area (Å²) in [6.07, 6.45) is 0.563. The molecule has 1 fully saturated rings. The number of nitrogens with zero attached hydrogens (tertiary/aromatic N) is 2. The molecule has 2 amide bonds. The van der Waals surface area contributed by atoms with Crippen molar-refractivity contribution in [2.75, 3.05) is 72.6 Å². The summed E-state index contributed by atoms with van der Waals surface area (Å²) in [4.78, 5) is 29.2. The maximum atomic E-state index is 12.5. The van der Waals surface area contributed by atoms with Crippen LogP contribution >= 0.6 is 0 Å². The molecule has 0 spiro atoms. The van der Waals surface area contributed by atoms with Crippen LogP contribution in [0.4, 0.5) is 5.69 Å². The standard InChI is InChI=1S/C26H36N4O5/c1-29(2)21-8-6-20(7-9-21)22(30-13-15-35-16-14-30)18-28-26(32)25(31)27-12-11-19-5-10-23(33-3)24(17-19)34-4/h5-10,17,22H,11-16,18H2,1-4H3,(H,27,31)(H,28,32). The molecular formula is C26H36N4O5. The highest BCUT2D eigenvalue weighted by Crippen LogP contribution is 2.27. The lowest BCUT2D eigenvalue weighted by Crippen LogP contribution is -2.47. The van der Waals surface area contributed by atoms with Crippen molar-refractivity contribution in [3.8, 4) is 11.5 Å². The second-order valence-corrected chi connectivity index (χ2v) is 8.56. The fraction of sp³-hybridized carbons (Fsp3) is 0.462. The molecule has 1 aliphatic rings. The lowest BCUT2D eigenvalue weighted by Gasteiger charge is -2.35. The maximum absolute atomic E-state index is 12.5. The van der Waals surface area contributed by atoms with Crippen LogP contribution in [0, 0.1) is 0 Å². The molecule has 2 N–H and O–H groups in total. The van der Waals surface area contributed by atoms with E-state index in [0.29, 0.717) is 44.2 Å². The Morgan fingerprint density at radius 3 is 2.26 bits per heavy atom. The van der Waals surface area contributed by atoms with E-state index in [1.807, 2.05) is 37.2 Å². The van der Waals surface area contributed by atoms with Crippen LogP contribution in [-0.4, -0.2) is 84.4 Å². The van der Waals surface area contributed by atoms with Gasteiger partial charge in [0.25, 0.3) is 0 Å². The summed E-state index contributed by atoms with van der Waals surface area (Å²) >= 11 is 0. The van der Waals surface area contributed by atoms with E-state index in [1.165, 1.54) is 0 Å². The SMILES string of the molecule is COc1ccc(CCNC(=O)C(=O)NCC(c2ccc(N(C)C)cc2)N2CCOCC2)cc1OC. The smallest absolute Gasteiger partial charge is 0.309 e. The molecule has 3 rings (SSSR count). The molecule has 1 atom stereocenters. The first-order valence-electron chi connectivity index (χ1n) is 11.8. The molecule has 35 heavy (non-hydrogen) atoms. The van der Waals surface area contributed by atoms with Gasteiger partial charge in [0.15, 0.2) is 11.5 Å². The third-order valence-electron chi connectivity index (χ3n) is 6.09. The number of benzene rings is 2. The van der Waals surface area contributed by atoms with Crippen molar-refractivity contribution < 1.29 is 23.8 Å². The van der Waals surface area contributed by atoms with E-state index >= 15 is 0 Å². The van der Waals surface area contributed by atoms with E-state index < -0.39 is 11.8 Å². The number of hydrogen-bond donors (Lipinski definition) is 2. The van der Waals surface area contributed by atoms with Crippen LogP contribution in [-0.2, 0) is 20.7 Å². The zero-order valence-electron chi connectivity index (χ0n) is 21.0. The van der Waals surface area contributed by atoms with Crippen molar-refractivity contribution in [1.29, 1.82) is 0 Å². The fourth-order valence-electron chi connectivity index (χ4n) is 4.05. The highest BCUT2D eigenvalue weighted by molar-refractivity contribution is 6.35. The van der Waals surface area contributed by atoms with Crippen LogP contribution in [0.25, 0.3) is 0 Å². The van der Waals surface area contributed by atoms with Crippen molar-refractivity contribution in [2.24, 2.45) is 0 Å². The van der Waals surface area contributed by atoms with Crippen molar-refractivity contribution in [1.82, 2.24) is 15.5 Å². The summed E-state index contributed by atoms with van der Waals surface area (Å²) in [5.74, 6) is -0.0117. The predicted octanol–water partition coefficient (Wildman–Crippen LogP) is 1.62. The number of carbonyl (C=O) groups is 2. The molecule has 1 aliphatic heterocycles. The normalized spacial score (nSPS) is 14.6. The second-order valence-electron chi connectivity index (χ2n) is 8.56. The lowest BCUT2D eigenvalue weighted by molar-refractivity contribution is -0.139. The highest BCUT2D eigenvalue weighted by Gasteiger charge is 2.24. The molecule has 190 valence electrons. The van der Waals surface area contributed by atoms with Crippen molar-refractivity contribution in [3.63, 3.8) is 0 Å². The molecule has 1 saturated heterocycles. The minimum atomic E-state index is -0.644. The van der Waals surface area contributed by atoms with Gasteiger partial charge in [0.2, 0.25) is 0 Å². The van der Waals surface area contributed by atoms with E-state index in [2.05, 4.69) is 39.8 Å². The predicted molar refractivity (Wildman–Crippen MR) is 135 cm³/mol. The Morgan fingerprint density at radius 1 is 0.971 bits per heavy atom. The van der Waals surface area contributed by atoms with E-state index in [4.69, 9.17) is 14.2 Å². The Morgan fingerprint density at radius 2 is 1.63 bits per heavy atom. The lowest BCUT2D eigenvalue weighted by atomic mass is 10.0. The van der Waals surface area contributed by atoms with Crippen LogP contribution in [0.15, 0.2) is 42.5 Å². The molecule has 9 heteroatoms. The summed E-state index contributed by atoms with van der Waals surface area (Å²) in [6.45, 7) is 3.51. The second kappa shape index (κ2) is 13.0. The zero-order chi connectivity index (χ0) is 25.2. The van der Waals surface area contributed by atoms with E-state index in [0.717, 1.165) is 29.9 Å². The van der Waals surface area contributed by atoms with Crippen LogP contribution in [0.5, 0.6) is 11.5 Å². The first-order chi connectivity index (χ1) is 16.9. The van der Waals surface area contributed by atoms with E-state index in [9.17, 15) is 9.59 Å². The molecule has 2 aromatic carbocycles. The Labute approximate surface area is 207 Å². The Bertz CT molecular complexity index is 974. The number of ether oxygens (including phenoxy) is 3. The van der Waals surface area contributed by atoms with Gasteiger partial charge in [0.1, 0.15) is 0 Å². The molecule has 0 radical (unpaired) electrons. The van der Waals surface area contributed by atoms with Gasteiger partial charge in [-0.2, -0.15) is 0 Å². The summed E-state index contributed by atoms with van der Waals surface area (Å²) < 4.78 is 16.0. The van der Waals surface area contributed by atoms with Crippen LogP contribution in [0.2, 0.25) is 0 Å². The average molecular weight is 485 g/mol. The Hall–Kier alpha value is -3.30. The van der Waals surface area contributed by atoms with Gasteiger partial charge in [-0.3, -0.25) is 14.5 Å². The number of anilines is 1. The molecule has 0 saturated carbocycles. The molecule has 0 aliphatic carbocycles. The number of rotatable bonds is 10. The summed E-state index contributed by atoms with van der Waals surface area (Å²) in [5.41, 5.74) is 3.16. The topological polar surface area (TPSA) is 92.4 Å². The minimum absolute atomic E-state index is 0.0429. The molecule has 9 nitrogen and oxygen atoms in total. The fourth-order valence-corrected chi connectivity index (χ4v) is 4.05. The van der Waals surface area contributed by atoms with Gasteiger partial charge in [-0.25, -0.2) is 0 Å². The summed E-state index contributed by atoms with van der Waals surface area (Å²) in [6, 6.07) is 13.8. The van der Waals surface area contributed by atoms with E-state index in [1.54, 1.807) is 14.2 Å². The maximum Gasteiger partial charge on any atom is 0.309 e. The third kappa shape index (κ3) is 7.34. The van der Waals surface area contributed by atoms with Gasteiger partial charge in [-0.05, 0) is 41.8 Å². The number of hydrogen-bond acceptors (Lipinski definition) is 7. The molecule has 0 bridgehead atoms. The van der Waals surface area contributed by atoms with Gasteiger partial charge in [0.05, 0.1) is 33.5 Å². The largest absolute Gasteiger partial charge is 0.493 e. The Balaban J connectivity index is 1.54. The number of morpholine rings is 1. The molecular weight excluding hydrogens is 448 g/mol. The first-order valence-corrected chi connectivity index (χ1v) is 11.8. The number of carbonyl (C=O) groups excluding carboxylic acids is 2. The van der Waals surface area contributed by atoms with Crippen molar-refractivity contribution in [3.05, 3.63) is 53.6 Å². The molecule has 2 aromatic rings. The monoisotopic (exact) mass is 484 g/mol. The minimum Gasteiger partial charge on any atom is -0.493 e. The molecule has 1 heterocycles. The van der Waals surface area contributed by atoms with Gasteiger partial charge in [-0.1, -0.05) is 18.2 Å². The van der Waals surface area contributed by atoms with Crippen LogP contribution in [0.3, 0.4) is 0 Å². The van der Waals surface area contributed by atoms with Crippen LogP contribution < -0.4 is 25.0 Å². The first kappa shape index (κ1) is 26.3. The summed E-state index contributed by atoms with van der Waals surface area (Å²) in [5, 5.41) is 5.52. The van der Waals surface area contributed by atoms with Gasteiger partial charge < -0.3 is 29.7 Å². The quantitative estimate of drug-likeness (QED) is 0.495. The van der Waals surface area contributed by atoms with Crippen molar-refractivity contribution in [2.45, 2.75) is 12.5 Å². The Kier molecular flexibility index (Phi) is 9.75. The number of amides is 2. The van der Waals surface area contributed by atoms with Gasteiger partial charge in [-0.15, -0.1) is 0 Å². The zero-order valence-corrected chi connectivity index (χ0v) is 21.0.